The molecule has 1 heterocycles. The van der Waals surface area contributed by atoms with Crippen LogP contribution in [0.5, 0.6) is 0 Å². The molecule has 1 rings (SSSR count). The van der Waals surface area contributed by atoms with Crippen LogP contribution in [0.15, 0.2) is 4.34 Å². The first-order valence-electron chi connectivity index (χ1n) is 2.43. The molecule has 2 nitrogen and oxygen atoms in total. The van der Waals surface area contributed by atoms with Gasteiger partial charge in [-0.2, -0.15) is 0 Å². The van der Waals surface area contributed by atoms with E-state index >= 15 is 0 Å². The first-order chi connectivity index (χ1) is 4.77. The van der Waals surface area contributed by atoms with Crippen LogP contribution in [-0.2, 0) is 0 Å². The molecule has 0 N–H and O–H groups in total. The summed E-state index contributed by atoms with van der Waals surface area (Å²) >= 11 is 8.37. The third kappa shape index (κ3) is 1.51. The van der Waals surface area contributed by atoms with E-state index in [1.807, 2.05) is 6.26 Å². The lowest BCUT2D eigenvalue weighted by Crippen LogP contribution is -1.70. The van der Waals surface area contributed by atoms with Crippen LogP contribution in [0.25, 0.3) is 0 Å². The highest BCUT2D eigenvalue weighted by molar-refractivity contribution is 8.00. The Labute approximate surface area is 71.6 Å². The Balaban J connectivity index is 3.03. The molecule has 0 unspecified atom stereocenters. The number of aromatic nitrogens is 1. The molecule has 0 spiro atoms. The highest BCUT2D eigenvalue weighted by Gasteiger charge is 2.05. The zero-order chi connectivity index (χ0) is 7.56. The minimum Gasteiger partial charge on any atom is -0.297 e. The summed E-state index contributed by atoms with van der Waals surface area (Å²) in [5.74, 6) is 0. The summed E-state index contributed by atoms with van der Waals surface area (Å²) < 4.78 is 0.826. The highest BCUT2D eigenvalue weighted by atomic mass is 35.5. The van der Waals surface area contributed by atoms with Crippen LogP contribution >= 0.6 is 34.7 Å². The van der Waals surface area contributed by atoms with Crippen LogP contribution in [0.1, 0.15) is 9.67 Å². The van der Waals surface area contributed by atoms with Gasteiger partial charge < -0.3 is 0 Å². The molecule has 0 aliphatic rings. The van der Waals surface area contributed by atoms with Gasteiger partial charge in [0.1, 0.15) is 4.88 Å². The fraction of sp³-hybridized carbons (Fsp3) is 0.200. The zero-order valence-corrected chi connectivity index (χ0v) is 7.52. The fourth-order valence-electron chi connectivity index (χ4n) is 0.454. The molecule has 54 valence electrons. The smallest absolute Gasteiger partial charge is 0.163 e. The molecule has 5 heteroatoms. The van der Waals surface area contributed by atoms with Crippen molar-refractivity contribution in [3.8, 4) is 0 Å². The molecule has 0 aliphatic heterocycles. The lowest BCUT2D eigenvalue weighted by Gasteiger charge is -1.78. The maximum absolute atomic E-state index is 10.2. The van der Waals surface area contributed by atoms with Crippen molar-refractivity contribution >= 4 is 41.0 Å². The van der Waals surface area contributed by atoms with E-state index in [4.69, 9.17) is 11.6 Å². The van der Waals surface area contributed by atoms with Crippen LogP contribution < -0.4 is 0 Å². The summed E-state index contributed by atoms with van der Waals surface area (Å²) in [5.41, 5.74) is 0. The van der Waals surface area contributed by atoms with Crippen LogP contribution in [0.4, 0.5) is 0 Å². The van der Waals surface area contributed by atoms with E-state index in [0.29, 0.717) is 10.0 Å². The quantitative estimate of drug-likeness (QED) is 0.534. The minimum absolute atomic E-state index is 0.310. The average Bonchev–Trinajstić information content (AvgIpc) is 2.30. The number of thiazole rings is 1. The molecule has 10 heavy (non-hydrogen) atoms. The van der Waals surface area contributed by atoms with Gasteiger partial charge in [-0.3, -0.25) is 4.79 Å². The SMILES string of the molecule is CSc1nc(Cl)c(C=O)s1. The summed E-state index contributed by atoms with van der Waals surface area (Å²) in [6.45, 7) is 0. The van der Waals surface area contributed by atoms with Crippen LogP contribution in [0.3, 0.4) is 0 Å². The zero-order valence-electron chi connectivity index (χ0n) is 5.13. The van der Waals surface area contributed by atoms with Gasteiger partial charge in [-0.05, 0) is 6.26 Å². The number of nitrogens with zero attached hydrogens (tertiary/aromatic N) is 1. The average molecular weight is 194 g/mol. The van der Waals surface area contributed by atoms with Gasteiger partial charge in [-0.15, -0.1) is 11.3 Å². The molecule has 0 saturated carbocycles. The molecule has 0 aliphatic carbocycles. The molecule has 0 radical (unpaired) electrons. The molecule has 0 fully saturated rings. The molecular formula is C5H4ClNOS2. The van der Waals surface area contributed by atoms with Gasteiger partial charge in [0.2, 0.25) is 0 Å². The number of halogens is 1. The largest absolute Gasteiger partial charge is 0.297 e. The predicted octanol–water partition coefficient (Wildman–Crippen LogP) is 2.33. The molecule has 0 saturated heterocycles. The van der Waals surface area contributed by atoms with Crippen LogP contribution in [-0.4, -0.2) is 17.5 Å². The van der Waals surface area contributed by atoms with E-state index in [9.17, 15) is 4.79 Å². The normalized spacial score (nSPS) is 9.80. The molecule has 0 atom stereocenters. The molecule has 1 aromatic heterocycles. The standard InChI is InChI=1S/C5H4ClNOS2/c1-9-5-7-4(6)3(2-8)10-5/h2H,1H3. The van der Waals surface area contributed by atoms with Crippen molar-refractivity contribution in [3.63, 3.8) is 0 Å². The van der Waals surface area contributed by atoms with E-state index in [1.54, 1.807) is 0 Å². The summed E-state index contributed by atoms with van der Waals surface area (Å²) in [6.07, 6.45) is 2.61. The van der Waals surface area contributed by atoms with Crippen molar-refractivity contribution < 1.29 is 4.79 Å². The third-order valence-corrected chi connectivity index (χ3v) is 3.24. The first-order valence-corrected chi connectivity index (χ1v) is 4.85. The number of carbonyl (C=O) groups is 1. The van der Waals surface area contributed by atoms with Gasteiger partial charge in [0, 0.05) is 0 Å². The van der Waals surface area contributed by atoms with Crippen molar-refractivity contribution in [1.82, 2.24) is 4.98 Å². The molecule has 0 amide bonds. The van der Waals surface area contributed by atoms with Gasteiger partial charge in [-0.25, -0.2) is 4.98 Å². The maximum Gasteiger partial charge on any atom is 0.163 e. The van der Waals surface area contributed by atoms with Crippen LogP contribution in [0, 0.1) is 0 Å². The Morgan fingerprint density at radius 2 is 2.50 bits per heavy atom. The fourth-order valence-corrected chi connectivity index (χ4v) is 2.09. The number of thioether (sulfide) groups is 1. The maximum atomic E-state index is 10.2. The number of aldehydes is 1. The van der Waals surface area contributed by atoms with Crippen molar-refractivity contribution in [2.45, 2.75) is 4.34 Å². The number of rotatable bonds is 2. The second-order valence-corrected chi connectivity index (χ2v) is 3.90. The lowest BCUT2D eigenvalue weighted by molar-refractivity contribution is 0.112. The number of carbonyl (C=O) groups excluding carboxylic acids is 1. The Morgan fingerprint density at radius 1 is 1.80 bits per heavy atom. The topological polar surface area (TPSA) is 30.0 Å². The Morgan fingerprint density at radius 3 is 2.80 bits per heavy atom. The monoisotopic (exact) mass is 193 g/mol. The van der Waals surface area contributed by atoms with Crippen molar-refractivity contribution in [2.24, 2.45) is 0 Å². The molecule has 0 aromatic carbocycles. The van der Waals surface area contributed by atoms with Crippen molar-refractivity contribution in [1.29, 1.82) is 0 Å². The van der Waals surface area contributed by atoms with Gasteiger partial charge in [0.05, 0.1) is 0 Å². The second kappa shape index (κ2) is 3.37. The predicted molar refractivity (Wildman–Crippen MR) is 44.3 cm³/mol. The van der Waals surface area contributed by atoms with E-state index in [2.05, 4.69) is 4.98 Å². The third-order valence-electron chi connectivity index (χ3n) is 0.872. The summed E-state index contributed by atoms with van der Waals surface area (Å²) in [6, 6.07) is 0. The van der Waals surface area contributed by atoms with Gasteiger partial charge >= 0.3 is 0 Å². The summed E-state index contributed by atoms with van der Waals surface area (Å²) in [4.78, 5) is 14.7. The second-order valence-electron chi connectivity index (χ2n) is 1.46. The Kier molecular flexibility index (Phi) is 2.71. The molecule has 1 aromatic rings. The number of hydrogen-bond acceptors (Lipinski definition) is 4. The van der Waals surface area contributed by atoms with E-state index in [1.165, 1.54) is 23.1 Å². The summed E-state index contributed by atoms with van der Waals surface area (Å²) in [7, 11) is 0. The van der Waals surface area contributed by atoms with Crippen LogP contribution in [0.2, 0.25) is 5.15 Å². The van der Waals surface area contributed by atoms with Crippen molar-refractivity contribution in [2.75, 3.05) is 6.26 Å². The Hall–Kier alpha value is -0.0600. The van der Waals surface area contributed by atoms with Gasteiger partial charge in [-0.1, -0.05) is 23.4 Å². The number of hydrogen-bond donors (Lipinski definition) is 0. The molecule has 0 bridgehead atoms. The lowest BCUT2D eigenvalue weighted by atomic mass is 10.6. The molecular weight excluding hydrogens is 190 g/mol. The summed E-state index contributed by atoms with van der Waals surface area (Å²) in [5, 5.41) is 0.310. The minimum atomic E-state index is 0.310. The van der Waals surface area contributed by atoms with Gasteiger partial charge in [0.15, 0.2) is 15.8 Å². The van der Waals surface area contributed by atoms with Crippen molar-refractivity contribution in [3.05, 3.63) is 10.0 Å². The Bertz CT molecular complexity index is 248. The van der Waals surface area contributed by atoms with Gasteiger partial charge in [0.25, 0.3) is 0 Å². The highest BCUT2D eigenvalue weighted by Crippen LogP contribution is 2.26. The van der Waals surface area contributed by atoms with E-state index < -0.39 is 0 Å². The first kappa shape index (κ1) is 8.04. The van der Waals surface area contributed by atoms with E-state index in [0.717, 1.165) is 10.6 Å². The van der Waals surface area contributed by atoms with E-state index in [-0.39, 0.29) is 0 Å².